The van der Waals surface area contributed by atoms with E-state index in [1.165, 1.54) is 28.6 Å². The summed E-state index contributed by atoms with van der Waals surface area (Å²) in [6, 6.07) is 16.2. The van der Waals surface area contributed by atoms with Crippen molar-refractivity contribution in [1.29, 1.82) is 0 Å². The van der Waals surface area contributed by atoms with Crippen molar-refractivity contribution >= 4 is 45.9 Å². The number of aliphatic imine (C=N–C) groups is 1. The van der Waals surface area contributed by atoms with E-state index in [0.29, 0.717) is 23.2 Å². The number of allylic oxidation sites excluding steroid dienone is 1. The number of amidine groups is 1. The van der Waals surface area contributed by atoms with Crippen LogP contribution in [0.25, 0.3) is 11.6 Å². The Morgan fingerprint density at radius 3 is 2.64 bits per heavy atom. The zero-order valence-corrected chi connectivity index (χ0v) is 20.8. The van der Waals surface area contributed by atoms with E-state index in [1.807, 2.05) is 36.4 Å². The average molecular weight is 462 g/mol. The lowest BCUT2D eigenvalue weighted by Gasteiger charge is -2.40. The first kappa shape index (κ1) is 23.3. The van der Waals surface area contributed by atoms with E-state index in [9.17, 15) is 4.79 Å². The summed E-state index contributed by atoms with van der Waals surface area (Å²) >= 11 is 1.43. The van der Waals surface area contributed by atoms with Crippen LogP contribution in [0.5, 0.6) is 0 Å². The number of rotatable bonds is 6. The van der Waals surface area contributed by atoms with Gasteiger partial charge in [-0.1, -0.05) is 30.3 Å². The molecule has 0 unspecified atom stereocenters. The minimum absolute atomic E-state index is 0.00554. The molecule has 1 amide bonds. The molecule has 6 heteroatoms. The highest BCUT2D eigenvalue weighted by atomic mass is 32.2. The number of likely N-dealkylation sites (N-methyl/N-ethyl adjacent to an activating group) is 1. The summed E-state index contributed by atoms with van der Waals surface area (Å²) in [6.45, 7) is 7.77. The second kappa shape index (κ2) is 9.57. The fourth-order valence-electron chi connectivity index (χ4n) is 4.19. The second-order valence-corrected chi connectivity index (χ2v) is 9.97. The molecule has 0 spiro atoms. The van der Waals surface area contributed by atoms with Crippen LogP contribution in [0, 0.1) is 0 Å². The predicted octanol–water partition coefficient (Wildman–Crippen LogP) is 5.96. The lowest BCUT2D eigenvalue weighted by molar-refractivity contribution is -0.122. The van der Waals surface area contributed by atoms with Crippen LogP contribution in [0.1, 0.15) is 38.3 Å². The quantitative estimate of drug-likeness (QED) is 0.393. The van der Waals surface area contributed by atoms with Crippen LogP contribution in [-0.2, 0) is 9.53 Å². The number of nitrogens with zero attached hydrogens (tertiary/aromatic N) is 3. The summed E-state index contributed by atoms with van der Waals surface area (Å²) in [4.78, 5) is 22.8. The number of anilines is 1. The first-order chi connectivity index (χ1) is 15.8. The van der Waals surface area contributed by atoms with E-state index in [1.54, 1.807) is 12.0 Å². The van der Waals surface area contributed by atoms with Crippen LogP contribution in [0.15, 0.2) is 64.5 Å². The Morgan fingerprint density at radius 1 is 1.15 bits per heavy atom. The summed E-state index contributed by atoms with van der Waals surface area (Å²) in [7, 11) is 3.80. The number of fused-ring (bicyclic) bond motifs is 1. The summed E-state index contributed by atoms with van der Waals surface area (Å²) in [5.41, 5.74) is 5.50. The van der Waals surface area contributed by atoms with E-state index in [2.05, 4.69) is 57.0 Å². The highest BCUT2D eigenvalue weighted by Gasteiger charge is 2.33. The minimum Gasteiger partial charge on any atom is -0.385 e. The number of hydrogen-bond donors (Lipinski definition) is 0. The highest BCUT2D eigenvalue weighted by Crippen LogP contribution is 2.39. The summed E-state index contributed by atoms with van der Waals surface area (Å²) in [5.74, 6) is -0.00554. The third kappa shape index (κ3) is 4.92. The van der Waals surface area contributed by atoms with Gasteiger partial charge in [-0.2, -0.15) is 0 Å². The number of methoxy groups -OCH3 is 1. The Bertz CT molecular complexity index is 1140. The average Bonchev–Trinajstić information content (AvgIpc) is 3.07. The molecule has 2 heterocycles. The maximum atomic E-state index is 13.3. The Balaban J connectivity index is 1.66. The van der Waals surface area contributed by atoms with Crippen LogP contribution >= 0.6 is 11.8 Å². The molecule has 172 valence electrons. The Morgan fingerprint density at radius 2 is 1.91 bits per heavy atom. The number of ether oxygens (including phenoxy) is 1. The maximum absolute atomic E-state index is 13.3. The Labute approximate surface area is 200 Å². The fourth-order valence-corrected chi connectivity index (χ4v) is 5.21. The SMILES string of the molecule is COCCCN1C(=O)/C(=C\c2ccc3c(c2)C(C)=CC(C)(C)N3C)SC1=Nc1ccccc1. The molecule has 2 aliphatic rings. The first-order valence-corrected chi connectivity index (χ1v) is 12.0. The molecule has 2 aromatic rings. The van der Waals surface area contributed by atoms with E-state index in [-0.39, 0.29) is 11.4 Å². The van der Waals surface area contributed by atoms with Crippen LogP contribution < -0.4 is 4.90 Å². The minimum atomic E-state index is -0.0279. The van der Waals surface area contributed by atoms with Gasteiger partial charge in [-0.05, 0) is 80.4 Å². The van der Waals surface area contributed by atoms with Gasteiger partial charge >= 0.3 is 0 Å². The zero-order valence-electron chi connectivity index (χ0n) is 20.0. The lowest BCUT2D eigenvalue weighted by Crippen LogP contribution is -2.42. The monoisotopic (exact) mass is 461 g/mol. The summed E-state index contributed by atoms with van der Waals surface area (Å²) in [5, 5.41) is 0.712. The van der Waals surface area contributed by atoms with Crippen molar-refractivity contribution in [2.45, 2.75) is 32.7 Å². The van der Waals surface area contributed by atoms with Gasteiger partial charge in [0, 0.05) is 38.6 Å². The predicted molar refractivity (Wildman–Crippen MR) is 140 cm³/mol. The largest absolute Gasteiger partial charge is 0.385 e. The highest BCUT2D eigenvalue weighted by molar-refractivity contribution is 8.18. The van der Waals surface area contributed by atoms with Crippen molar-refractivity contribution in [1.82, 2.24) is 4.90 Å². The van der Waals surface area contributed by atoms with E-state index < -0.39 is 0 Å². The van der Waals surface area contributed by atoms with E-state index >= 15 is 0 Å². The summed E-state index contributed by atoms with van der Waals surface area (Å²) < 4.78 is 5.19. The van der Waals surface area contributed by atoms with Crippen molar-refractivity contribution in [3.63, 3.8) is 0 Å². The van der Waals surface area contributed by atoms with Gasteiger partial charge < -0.3 is 9.64 Å². The lowest BCUT2D eigenvalue weighted by atomic mass is 9.88. The first-order valence-electron chi connectivity index (χ1n) is 11.2. The molecular formula is C27H31N3O2S. The molecule has 33 heavy (non-hydrogen) atoms. The van der Waals surface area contributed by atoms with Gasteiger partial charge in [0.2, 0.25) is 0 Å². The van der Waals surface area contributed by atoms with Gasteiger partial charge in [-0.25, -0.2) is 4.99 Å². The van der Waals surface area contributed by atoms with Crippen molar-refractivity contribution in [2.24, 2.45) is 4.99 Å². The normalized spacial score (nSPS) is 19.9. The van der Waals surface area contributed by atoms with Gasteiger partial charge in [0.05, 0.1) is 16.1 Å². The molecule has 2 aromatic carbocycles. The molecule has 5 nitrogen and oxygen atoms in total. The maximum Gasteiger partial charge on any atom is 0.266 e. The van der Waals surface area contributed by atoms with Crippen LogP contribution in [0.3, 0.4) is 0 Å². The number of para-hydroxylation sites is 1. The van der Waals surface area contributed by atoms with Gasteiger partial charge in [0.25, 0.3) is 5.91 Å². The molecule has 0 N–H and O–H groups in total. The van der Waals surface area contributed by atoms with E-state index in [0.717, 1.165) is 17.7 Å². The standard InChI is InChI=1S/C27H31N3O2S/c1-19-18-27(2,3)29(4)23-13-12-20(16-22(19)23)17-24-25(31)30(14-9-15-32-5)26(33-24)28-21-10-7-6-8-11-21/h6-8,10-13,16-18H,9,14-15H2,1-5H3/b24-17+,28-26?. The van der Waals surface area contributed by atoms with Crippen LogP contribution in [0.2, 0.25) is 0 Å². The molecule has 0 aromatic heterocycles. The molecule has 4 rings (SSSR count). The molecule has 1 saturated heterocycles. The van der Waals surface area contributed by atoms with Gasteiger partial charge in [0.15, 0.2) is 5.17 Å². The number of carbonyl (C=O) groups is 1. The molecule has 0 saturated carbocycles. The van der Waals surface area contributed by atoms with Crippen LogP contribution in [-0.4, -0.2) is 48.8 Å². The zero-order chi connectivity index (χ0) is 23.6. The van der Waals surface area contributed by atoms with Gasteiger partial charge in [-0.3, -0.25) is 9.69 Å². The molecule has 0 bridgehead atoms. The number of amides is 1. The summed E-state index contributed by atoms with van der Waals surface area (Å²) in [6.07, 6.45) is 5.04. The number of thioether (sulfide) groups is 1. The van der Waals surface area contributed by atoms with Crippen molar-refractivity contribution in [2.75, 3.05) is 32.2 Å². The Kier molecular flexibility index (Phi) is 6.77. The molecule has 0 atom stereocenters. The second-order valence-electron chi connectivity index (χ2n) is 8.96. The number of carbonyl (C=O) groups excluding carboxylic acids is 1. The van der Waals surface area contributed by atoms with Gasteiger partial charge in [-0.15, -0.1) is 0 Å². The number of hydrogen-bond acceptors (Lipinski definition) is 5. The smallest absolute Gasteiger partial charge is 0.266 e. The third-order valence-corrected chi connectivity index (χ3v) is 7.14. The molecule has 2 aliphatic heterocycles. The third-order valence-electron chi connectivity index (χ3n) is 6.14. The van der Waals surface area contributed by atoms with Gasteiger partial charge in [0.1, 0.15) is 0 Å². The molecule has 0 aliphatic carbocycles. The van der Waals surface area contributed by atoms with Crippen LogP contribution in [0.4, 0.5) is 11.4 Å². The molecule has 0 radical (unpaired) electrons. The van der Waals surface area contributed by atoms with Crippen molar-refractivity contribution in [3.8, 4) is 0 Å². The van der Waals surface area contributed by atoms with Crippen molar-refractivity contribution < 1.29 is 9.53 Å². The van der Waals surface area contributed by atoms with Crippen molar-refractivity contribution in [3.05, 3.63) is 70.6 Å². The Hall–Kier alpha value is -2.83. The molecular weight excluding hydrogens is 430 g/mol. The number of benzene rings is 2. The molecule has 1 fully saturated rings. The van der Waals surface area contributed by atoms with E-state index in [4.69, 9.17) is 9.73 Å². The fraction of sp³-hybridized carbons (Fsp3) is 0.333. The topological polar surface area (TPSA) is 45.1 Å².